The number of nitrogens with two attached hydrogens (primary N) is 1. The predicted octanol–water partition coefficient (Wildman–Crippen LogP) is 1.88. The molecule has 76 valence electrons. The van der Waals surface area contributed by atoms with E-state index in [0.717, 1.165) is 5.52 Å². The van der Waals surface area contributed by atoms with Gasteiger partial charge in [-0.25, -0.2) is 0 Å². The summed E-state index contributed by atoms with van der Waals surface area (Å²) in [5, 5.41) is 0. The van der Waals surface area contributed by atoms with Crippen LogP contribution in [0.2, 0.25) is 0 Å². The largest absolute Gasteiger partial charge is 0.364 e. The van der Waals surface area contributed by atoms with Gasteiger partial charge in [-0.05, 0) is 24.3 Å². The lowest BCUT2D eigenvalue weighted by molar-refractivity contribution is 0.0995. The first-order valence-electron chi connectivity index (χ1n) is 3.65. The monoisotopic (exact) mass is 232 g/mol. The van der Waals surface area contributed by atoms with Crippen LogP contribution in [0.3, 0.4) is 0 Å². The Bertz CT molecular complexity index is 439. The summed E-state index contributed by atoms with van der Waals surface area (Å²) in [5.41, 5.74) is 6.66. The van der Waals surface area contributed by atoms with Crippen LogP contribution in [-0.2, 0) is 0 Å². The number of primary amides is 1. The van der Waals surface area contributed by atoms with Crippen LogP contribution in [0.15, 0.2) is 36.5 Å². The van der Waals surface area contributed by atoms with Crippen molar-refractivity contribution in [1.29, 1.82) is 0 Å². The molecule has 0 saturated heterocycles. The highest BCUT2D eigenvalue weighted by atomic mass is 35.5. The molecule has 2 heterocycles. The van der Waals surface area contributed by atoms with Crippen LogP contribution < -0.4 is 5.73 Å². The zero-order chi connectivity index (χ0) is 8.55. The van der Waals surface area contributed by atoms with E-state index >= 15 is 0 Å². The maximum atomic E-state index is 10.9. The van der Waals surface area contributed by atoms with Crippen LogP contribution in [0, 0.1) is 0 Å². The molecule has 0 unspecified atom stereocenters. The van der Waals surface area contributed by atoms with Gasteiger partial charge >= 0.3 is 0 Å². The molecule has 0 fully saturated rings. The first kappa shape index (κ1) is 12.8. The second-order valence-corrected chi connectivity index (χ2v) is 2.58. The summed E-state index contributed by atoms with van der Waals surface area (Å²) < 4.78 is 1.77. The van der Waals surface area contributed by atoms with E-state index in [1.165, 1.54) is 0 Å². The molecule has 5 heteroatoms. The predicted molar refractivity (Wildman–Crippen MR) is 60.4 cm³/mol. The topological polar surface area (TPSA) is 47.5 Å². The van der Waals surface area contributed by atoms with Crippen molar-refractivity contribution < 1.29 is 4.79 Å². The third-order valence-electron chi connectivity index (χ3n) is 1.82. The number of aromatic nitrogens is 1. The third kappa shape index (κ3) is 2.00. The maximum absolute atomic E-state index is 10.9. The summed E-state index contributed by atoms with van der Waals surface area (Å²) in [6.45, 7) is 0. The normalized spacial score (nSPS) is 8.86. The molecule has 1 amide bonds. The van der Waals surface area contributed by atoms with Crippen molar-refractivity contribution in [1.82, 2.24) is 4.40 Å². The van der Waals surface area contributed by atoms with Gasteiger partial charge in [0, 0.05) is 11.7 Å². The SMILES string of the molecule is Cl.Cl.NC(=O)c1ccc2ccccn12. The van der Waals surface area contributed by atoms with Gasteiger partial charge in [0.25, 0.3) is 5.91 Å². The minimum atomic E-state index is -0.402. The van der Waals surface area contributed by atoms with Gasteiger partial charge in [0.05, 0.1) is 0 Å². The van der Waals surface area contributed by atoms with Gasteiger partial charge in [-0.1, -0.05) is 6.07 Å². The molecule has 0 aliphatic heterocycles. The molecule has 14 heavy (non-hydrogen) atoms. The average molecular weight is 233 g/mol. The van der Waals surface area contributed by atoms with Gasteiger partial charge in [-0.15, -0.1) is 24.8 Å². The van der Waals surface area contributed by atoms with Crippen LogP contribution >= 0.6 is 24.8 Å². The highest BCUT2D eigenvalue weighted by Gasteiger charge is 2.04. The van der Waals surface area contributed by atoms with Crippen molar-refractivity contribution in [2.24, 2.45) is 5.73 Å². The van der Waals surface area contributed by atoms with Crippen molar-refractivity contribution in [3.8, 4) is 0 Å². The molecular formula is C9H10Cl2N2O. The summed E-state index contributed by atoms with van der Waals surface area (Å²) in [6.07, 6.45) is 1.81. The van der Waals surface area contributed by atoms with Crippen LogP contribution in [0.5, 0.6) is 0 Å². The molecule has 2 rings (SSSR count). The van der Waals surface area contributed by atoms with Crippen LogP contribution in [0.1, 0.15) is 10.5 Å². The Morgan fingerprint density at radius 1 is 1.14 bits per heavy atom. The first-order chi connectivity index (χ1) is 5.79. The van der Waals surface area contributed by atoms with Gasteiger partial charge < -0.3 is 10.1 Å². The number of pyridine rings is 1. The lowest BCUT2D eigenvalue weighted by Crippen LogP contribution is -2.13. The molecule has 0 radical (unpaired) electrons. The molecule has 0 aromatic carbocycles. The van der Waals surface area contributed by atoms with Gasteiger partial charge in [0.2, 0.25) is 0 Å². The molecule has 0 saturated carbocycles. The van der Waals surface area contributed by atoms with Crippen LogP contribution in [-0.4, -0.2) is 10.3 Å². The fraction of sp³-hybridized carbons (Fsp3) is 0. The number of hydrogen-bond donors (Lipinski definition) is 1. The van der Waals surface area contributed by atoms with Crippen molar-refractivity contribution in [3.63, 3.8) is 0 Å². The Balaban J connectivity index is 0.000000845. The van der Waals surface area contributed by atoms with E-state index in [9.17, 15) is 4.79 Å². The summed E-state index contributed by atoms with van der Waals surface area (Å²) in [4.78, 5) is 10.9. The Morgan fingerprint density at radius 3 is 2.50 bits per heavy atom. The molecule has 0 bridgehead atoms. The van der Waals surface area contributed by atoms with E-state index in [1.807, 2.05) is 30.5 Å². The highest BCUT2D eigenvalue weighted by molar-refractivity contribution is 5.92. The fourth-order valence-corrected chi connectivity index (χ4v) is 1.26. The summed E-state index contributed by atoms with van der Waals surface area (Å²) in [7, 11) is 0. The zero-order valence-electron chi connectivity index (χ0n) is 7.21. The number of rotatable bonds is 1. The van der Waals surface area contributed by atoms with Crippen molar-refractivity contribution in [2.45, 2.75) is 0 Å². The Morgan fingerprint density at radius 2 is 1.86 bits per heavy atom. The molecule has 2 aromatic rings. The standard InChI is InChI=1S/C9H8N2O.2ClH/c10-9(12)8-5-4-7-3-1-2-6-11(7)8;;/h1-6H,(H2,10,12);2*1H. The van der Waals surface area contributed by atoms with E-state index in [0.29, 0.717) is 5.69 Å². The quantitative estimate of drug-likeness (QED) is 0.803. The van der Waals surface area contributed by atoms with Crippen molar-refractivity contribution in [3.05, 3.63) is 42.2 Å². The third-order valence-corrected chi connectivity index (χ3v) is 1.82. The number of carbonyl (C=O) groups excluding carboxylic acids is 1. The van der Waals surface area contributed by atoms with Crippen LogP contribution in [0.25, 0.3) is 5.52 Å². The van der Waals surface area contributed by atoms with E-state index in [2.05, 4.69) is 0 Å². The van der Waals surface area contributed by atoms with E-state index in [-0.39, 0.29) is 24.8 Å². The molecule has 0 aliphatic carbocycles. The van der Waals surface area contributed by atoms with Gasteiger partial charge in [0.15, 0.2) is 0 Å². The Kier molecular flexibility index (Phi) is 4.47. The number of amides is 1. The fourth-order valence-electron chi connectivity index (χ4n) is 1.26. The van der Waals surface area contributed by atoms with E-state index in [1.54, 1.807) is 10.5 Å². The molecule has 2 N–H and O–H groups in total. The number of halogens is 2. The first-order valence-corrected chi connectivity index (χ1v) is 3.65. The number of carbonyl (C=O) groups is 1. The maximum Gasteiger partial charge on any atom is 0.265 e. The van der Waals surface area contributed by atoms with E-state index in [4.69, 9.17) is 5.73 Å². The molecule has 0 spiro atoms. The van der Waals surface area contributed by atoms with E-state index < -0.39 is 5.91 Å². The lowest BCUT2D eigenvalue weighted by Gasteiger charge is -1.96. The van der Waals surface area contributed by atoms with Gasteiger partial charge in [0.1, 0.15) is 5.69 Å². The Hall–Kier alpha value is -1.19. The number of nitrogens with zero attached hydrogens (tertiary/aromatic N) is 1. The Labute approximate surface area is 93.7 Å². The minimum absolute atomic E-state index is 0. The zero-order valence-corrected chi connectivity index (χ0v) is 8.85. The molecule has 0 atom stereocenters. The second kappa shape index (κ2) is 4.88. The molecule has 2 aromatic heterocycles. The second-order valence-electron chi connectivity index (χ2n) is 2.58. The number of hydrogen-bond acceptors (Lipinski definition) is 1. The van der Waals surface area contributed by atoms with Gasteiger partial charge in [-0.2, -0.15) is 0 Å². The summed E-state index contributed by atoms with van der Waals surface area (Å²) >= 11 is 0. The molecule has 0 aliphatic rings. The number of fused-ring (bicyclic) bond motifs is 1. The highest BCUT2D eigenvalue weighted by Crippen LogP contribution is 2.08. The smallest absolute Gasteiger partial charge is 0.265 e. The van der Waals surface area contributed by atoms with Crippen molar-refractivity contribution >= 4 is 36.2 Å². The molecular weight excluding hydrogens is 223 g/mol. The summed E-state index contributed by atoms with van der Waals surface area (Å²) in [6, 6.07) is 9.28. The minimum Gasteiger partial charge on any atom is -0.364 e. The average Bonchev–Trinajstić information content (AvgIpc) is 2.47. The summed E-state index contributed by atoms with van der Waals surface area (Å²) in [5.74, 6) is -0.402. The van der Waals surface area contributed by atoms with Gasteiger partial charge in [-0.3, -0.25) is 4.79 Å². The van der Waals surface area contributed by atoms with Crippen molar-refractivity contribution in [2.75, 3.05) is 0 Å². The van der Waals surface area contributed by atoms with Crippen LogP contribution in [0.4, 0.5) is 0 Å². The molecule has 3 nitrogen and oxygen atoms in total. The lowest BCUT2D eigenvalue weighted by atomic mass is 10.4.